The molecule has 1 heterocycles. The number of hydrogen-bond acceptors (Lipinski definition) is 4. The summed E-state index contributed by atoms with van der Waals surface area (Å²) in [6, 6.07) is 11.5. The second kappa shape index (κ2) is 7.38. The predicted octanol–water partition coefficient (Wildman–Crippen LogP) is 3.55. The Hall–Kier alpha value is -2.83. The van der Waals surface area contributed by atoms with Gasteiger partial charge in [-0.05, 0) is 18.2 Å². The van der Waals surface area contributed by atoms with E-state index in [2.05, 4.69) is 10.1 Å². The van der Waals surface area contributed by atoms with Crippen molar-refractivity contribution in [2.45, 2.75) is 19.1 Å². The van der Waals surface area contributed by atoms with Crippen molar-refractivity contribution in [3.63, 3.8) is 0 Å². The first kappa shape index (κ1) is 17.0. The number of fused-ring (bicyclic) bond motifs is 1. The molecule has 0 spiro atoms. The van der Waals surface area contributed by atoms with Gasteiger partial charge in [-0.15, -0.1) is 0 Å². The van der Waals surface area contributed by atoms with Crippen molar-refractivity contribution in [2.24, 2.45) is 0 Å². The van der Waals surface area contributed by atoms with E-state index in [-0.39, 0.29) is 23.1 Å². The number of carbonyl (C=O) groups is 1. The van der Waals surface area contributed by atoms with Crippen molar-refractivity contribution in [1.82, 2.24) is 5.32 Å². The summed E-state index contributed by atoms with van der Waals surface area (Å²) in [4.78, 5) is 12.7. The Bertz CT molecular complexity index is 766. The monoisotopic (exact) mass is 349 g/mol. The minimum atomic E-state index is -3.06. The number of hydrogen-bond donors (Lipinski definition) is 1. The zero-order valence-electron chi connectivity index (χ0n) is 13.5. The molecule has 1 aliphatic rings. The molecule has 3 rings (SSSR count). The summed E-state index contributed by atoms with van der Waals surface area (Å²) in [5, 5.41) is 2.86. The van der Waals surface area contributed by atoms with Crippen LogP contribution in [-0.2, 0) is 0 Å². The molecule has 0 aromatic heterocycles. The third-order valence-corrected chi connectivity index (χ3v) is 3.91. The summed E-state index contributed by atoms with van der Waals surface area (Å²) in [6.07, 6.45) is 0.581. The molecule has 1 amide bonds. The molecule has 0 aliphatic carbocycles. The minimum absolute atomic E-state index is 0.0105. The van der Waals surface area contributed by atoms with E-state index in [4.69, 9.17) is 9.47 Å². The van der Waals surface area contributed by atoms with Crippen LogP contribution in [0.5, 0.6) is 17.2 Å². The maximum Gasteiger partial charge on any atom is 0.387 e. The molecule has 2 aromatic carbocycles. The van der Waals surface area contributed by atoms with Gasteiger partial charge >= 0.3 is 6.61 Å². The number of methoxy groups -OCH3 is 1. The summed E-state index contributed by atoms with van der Waals surface area (Å²) in [5.74, 6) is -0.0248. The second-order valence-corrected chi connectivity index (χ2v) is 5.42. The topological polar surface area (TPSA) is 56.8 Å². The number of alkyl halides is 2. The largest absolute Gasteiger partial charge is 0.493 e. The smallest absolute Gasteiger partial charge is 0.387 e. The molecule has 0 fully saturated rings. The van der Waals surface area contributed by atoms with E-state index in [0.717, 1.165) is 5.56 Å². The number of rotatable bonds is 5. The quantitative estimate of drug-likeness (QED) is 0.897. The first-order valence-corrected chi connectivity index (χ1v) is 7.74. The van der Waals surface area contributed by atoms with Crippen LogP contribution in [0.2, 0.25) is 0 Å². The van der Waals surface area contributed by atoms with Gasteiger partial charge < -0.3 is 19.5 Å². The Morgan fingerprint density at radius 3 is 2.80 bits per heavy atom. The van der Waals surface area contributed by atoms with E-state index in [9.17, 15) is 13.6 Å². The predicted molar refractivity (Wildman–Crippen MR) is 86.4 cm³/mol. The van der Waals surface area contributed by atoms with Gasteiger partial charge in [-0.25, -0.2) is 0 Å². The number of amides is 1. The highest BCUT2D eigenvalue weighted by Crippen LogP contribution is 2.35. The van der Waals surface area contributed by atoms with Gasteiger partial charge in [0.05, 0.1) is 25.3 Å². The average Bonchev–Trinajstić information content (AvgIpc) is 2.61. The maximum absolute atomic E-state index is 12.7. The fourth-order valence-electron chi connectivity index (χ4n) is 2.79. The number of carbonyl (C=O) groups excluding carboxylic acids is 1. The summed E-state index contributed by atoms with van der Waals surface area (Å²) >= 11 is 0. The molecule has 1 N–H and O–H groups in total. The third-order valence-electron chi connectivity index (χ3n) is 3.91. The van der Waals surface area contributed by atoms with Crippen molar-refractivity contribution in [1.29, 1.82) is 0 Å². The fraction of sp³-hybridized carbons (Fsp3) is 0.278. The van der Waals surface area contributed by atoms with Crippen LogP contribution in [-0.4, -0.2) is 26.2 Å². The van der Waals surface area contributed by atoms with Gasteiger partial charge in [-0.1, -0.05) is 24.3 Å². The van der Waals surface area contributed by atoms with Gasteiger partial charge in [0.25, 0.3) is 5.91 Å². The molecule has 1 atom stereocenters. The van der Waals surface area contributed by atoms with E-state index in [1.54, 1.807) is 6.07 Å². The van der Waals surface area contributed by atoms with Crippen molar-refractivity contribution in [3.05, 3.63) is 53.6 Å². The lowest BCUT2D eigenvalue weighted by atomic mass is 10.00. The number of ether oxygens (including phenoxy) is 3. The highest BCUT2D eigenvalue weighted by molar-refractivity contribution is 5.98. The van der Waals surface area contributed by atoms with Gasteiger partial charge in [0.2, 0.25) is 0 Å². The highest BCUT2D eigenvalue weighted by atomic mass is 19.3. The summed E-state index contributed by atoms with van der Waals surface area (Å²) in [6.45, 7) is -2.60. The SMILES string of the molecule is COc1cccc(C(=O)N[C@H]2CCOc3ccccc32)c1OC(F)F. The molecule has 1 aliphatic heterocycles. The Labute approximate surface area is 143 Å². The zero-order valence-corrected chi connectivity index (χ0v) is 13.5. The van der Waals surface area contributed by atoms with E-state index in [1.165, 1.54) is 19.2 Å². The van der Waals surface area contributed by atoms with Crippen molar-refractivity contribution in [2.75, 3.05) is 13.7 Å². The number of nitrogens with one attached hydrogen (secondary N) is 1. The first-order chi connectivity index (χ1) is 12.1. The molecule has 0 radical (unpaired) electrons. The standard InChI is InChI=1S/C18H17F2NO4/c1-23-15-8-4-6-12(16(15)25-18(19)20)17(22)21-13-9-10-24-14-7-3-2-5-11(13)14/h2-8,13,18H,9-10H2,1H3,(H,21,22)/t13-/m0/s1. The van der Waals surface area contributed by atoms with Gasteiger partial charge in [-0.3, -0.25) is 4.79 Å². The highest BCUT2D eigenvalue weighted by Gasteiger charge is 2.26. The maximum atomic E-state index is 12.7. The molecule has 7 heteroatoms. The summed E-state index contributed by atoms with van der Waals surface area (Å²) < 4.78 is 40.5. The molecule has 25 heavy (non-hydrogen) atoms. The molecule has 0 bridgehead atoms. The van der Waals surface area contributed by atoms with Crippen molar-refractivity contribution >= 4 is 5.91 Å². The average molecular weight is 349 g/mol. The van der Waals surface area contributed by atoms with Crippen molar-refractivity contribution in [3.8, 4) is 17.2 Å². The van der Waals surface area contributed by atoms with Crippen LogP contribution in [0.1, 0.15) is 28.4 Å². The molecular weight excluding hydrogens is 332 g/mol. The van der Waals surface area contributed by atoms with Gasteiger partial charge in [0.1, 0.15) is 5.75 Å². The van der Waals surface area contributed by atoms with Gasteiger partial charge in [0.15, 0.2) is 11.5 Å². The van der Waals surface area contributed by atoms with Crippen LogP contribution in [0, 0.1) is 0 Å². The van der Waals surface area contributed by atoms with Gasteiger partial charge in [0, 0.05) is 12.0 Å². The lowest BCUT2D eigenvalue weighted by molar-refractivity contribution is -0.0515. The Morgan fingerprint density at radius 1 is 1.24 bits per heavy atom. The molecule has 0 unspecified atom stereocenters. The van der Waals surface area contributed by atoms with Crippen LogP contribution < -0.4 is 19.5 Å². The third kappa shape index (κ3) is 3.65. The Morgan fingerprint density at radius 2 is 2.04 bits per heavy atom. The van der Waals surface area contributed by atoms with E-state index in [0.29, 0.717) is 18.8 Å². The lowest BCUT2D eigenvalue weighted by Gasteiger charge is -2.27. The summed E-state index contributed by atoms with van der Waals surface area (Å²) in [5.41, 5.74) is 0.838. The Kier molecular flexibility index (Phi) is 5.02. The normalized spacial score (nSPS) is 15.9. The zero-order chi connectivity index (χ0) is 17.8. The van der Waals surface area contributed by atoms with Crippen molar-refractivity contribution < 1.29 is 27.8 Å². The van der Waals surface area contributed by atoms with E-state index >= 15 is 0 Å². The van der Waals surface area contributed by atoms with Crippen LogP contribution in [0.15, 0.2) is 42.5 Å². The van der Waals surface area contributed by atoms with Crippen LogP contribution in [0.25, 0.3) is 0 Å². The second-order valence-electron chi connectivity index (χ2n) is 5.42. The minimum Gasteiger partial charge on any atom is -0.493 e. The van der Waals surface area contributed by atoms with Crippen LogP contribution in [0.3, 0.4) is 0 Å². The van der Waals surface area contributed by atoms with Crippen LogP contribution in [0.4, 0.5) is 8.78 Å². The molecular formula is C18H17F2NO4. The van der Waals surface area contributed by atoms with Crippen LogP contribution >= 0.6 is 0 Å². The molecule has 0 saturated carbocycles. The lowest BCUT2D eigenvalue weighted by Crippen LogP contribution is -2.32. The first-order valence-electron chi connectivity index (χ1n) is 7.74. The summed E-state index contributed by atoms with van der Waals surface area (Å²) in [7, 11) is 1.32. The number of benzene rings is 2. The molecule has 0 saturated heterocycles. The van der Waals surface area contributed by atoms with E-state index < -0.39 is 12.5 Å². The Balaban J connectivity index is 1.87. The molecule has 5 nitrogen and oxygen atoms in total. The van der Waals surface area contributed by atoms with Gasteiger partial charge in [-0.2, -0.15) is 8.78 Å². The fourth-order valence-corrected chi connectivity index (χ4v) is 2.79. The number of para-hydroxylation sites is 2. The van der Waals surface area contributed by atoms with E-state index in [1.807, 2.05) is 24.3 Å². The molecule has 132 valence electrons. The number of halogens is 2. The molecule has 2 aromatic rings.